The first-order valence-electron chi connectivity index (χ1n) is 5.23. The van der Waals surface area contributed by atoms with Crippen molar-refractivity contribution in [1.29, 1.82) is 0 Å². The van der Waals surface area contributed by atoms with E-state index in [9.17, 15) is 9.18 Å². The summed E-state index contributed by atoms with van der Waals surface area (Å²) in [5.74, 6) is 0.139. The maximum Gasteiger partial charge on any atom is 0.150 e. The van der Waals surface area contributed by atoms with Gasteiger partial charge in [0.1, 0.15) is 17.9 Å². The van der Waals surface area contributed by atoms with E-state index in [2.05, 4.69) is 0 Å². The second kappa shape index (κ2) is 5.19. The van der Waals surface area contributed by atoms with Crippen LogP contribution in [0.25, 0.3) is 11.1 Å². The van der Waals surface area contributed by atoms with Gasteiger partial charge in [0.05, 0.1) is 7.11 Å². The van der Waals surface area contributed by atoms with E-state index < -0.39 is 0 Å². The Hall–Kier alpha value is -1.87. The fourth-order valence-corrected chi connectivity index (χ4v) is 1.91. The predicted octanol–water partition coefficient (Wildman–Crippen LogP) is 3.97. The van der Waals surface area contributed by atoms with Crippen molar-refractivity contribution in [1.82, 2.24) is 0 Å². The second-order valence-electron chi connectivity index (χ2n) is 3.74. The molecular formula is C14H10ClFO2. The third-order valence-corrected chi connectivity index (χ3v) is 2.87. The number of methoxy groups -OCH3 is 1. The molecule has 0 aromatic heterocycles. The first-order valence-corrected chi connectivity index (χ1v) is 5.61. The van der Waals surface area contributed by atoms with Gasteiger partial charge in [-0.3, -0.25) is 4.79 Å². The Bertz CT molecular complexity index is 596. The third kappa shape index (κ3) is 2.51. The summed E-state index contributed by atoms with van der Waals surface area (Å²) < 4.78 is 18.3. The van der Waals surface area contributed by atoms with Crippen molar-refractivity contribution in [2.75, 3.05) is 7.11 Å². The topological polar surface area (TPSA) is 26.3 Å². The molecule has 0 spiro atoms. The fraction of sp³-hybridized carbons (Fsp3) is 0.0714. The smallest absolute Gasteiger partial charge is 0.150 e. The summed E-state index contributed by atoms with van der Waals surface area (Å²) in [4.78, 5) is 10.8. The Labute approximate surface area is 109 Å². The van der Waals surface area contributed by atoms with Crippen molar-refractivity contribution in [3.05, 3.63) is 52.8 Å². The lowest BCUT2D eigenvalue weighted by Crippen LogP contribution is -1.90. The van der Waals surface area contributed by atoms with Crippen molar-refractivity contribution < 1.29 is 13.9 Å². The van der Waals surface area contributed by atoms with Gasteiger partial charge < -0.3 is 4.74 Å². The van der Waals surface area contributed by atoms with E-state index in [0.29, 0.717) is 33.7 Å². The summed E-state index contributed by atoms with van der Waals surface area (Å²) in [5, 5.41) is 0.418. The minimum Gasteiger partial charge on any atom is -0.497 e. The highest BCUT2D eigenvalue weighted by Crippen LogP contribution is 2.31. The quantitative estimate of drug-likeness (QED) is 0.784. The van der Waals surface area contributed by atoms with Gasteiger partial charge in [0, 0.05) is 16.1 Å². The molecule has 2 aromatic rings. The van der Waals surface area contributed by atoms with Crippen LogP contribution in [-0.4, -0.2) is 13.4 Å². The summed E-state index contributed by atoms with van der Waals surface area (Å²) in [5.41, 5.74) is 1.62. The van der Waals surface area contributed by atoms with Crippen molar-refractivity contribution in [3.63, 3.8) is 0 Å². The van der Waals surface area contributed by atoms with Crippen molar-refractivity contribution in [2.45, 2.75) is 0 Å². The van der Waals surface area contributed by atoms with E-state index in [0.717, 1.165) is 0 Å². The minimum absolute atomic E-state index is 0.384. The Balaban J connectivity index is 2.62. The van der Waals surface area contributed by atoms with E-state index >= 15 is 0 Å². The summed E-state index contributed by atoms with van der Waals surface area (Å²) in [6.45, 7) is 0. The Morgan fingerprint density at radius 2 is 2.00 bits per heavy atom. The summed E-state index contributed by atoms with van der Waals surface area (Å²) >= 11 is 6.03. The lowest BCUT2D eigenvalue weighted by atomic mass is 10.0. The molecule has 18 heavy (non-hydrogen) atoms. The zero-order valence-electron chi connectivity index (χ0n) is 9.61. The summed E-state index contributed by atoms with van der Waals surface area (Å²) in [7, 11) is 1.50. The molecule has 2 aromatic carbocycles. The van der Waals surface area contributed by atoms with Gasteiger partial charge in [-0.2, -0.15) is 0 Å². The van der Waals surface area contributed by atoms with Gasteiger partial charge in [-0.05, 0) is 42.0 Å². The number of aldehydes is 1. The van der Waals surface area contributed by atoms with Gasteiger partial charge in [0.25, 0.3) is 0 Å². The first-order chi connectivity index (χ1) is 8.63. The molecule has 92 valence electrons. The van der Waals surface area contributed by atoms with Gasteiger partial charge in [0.15, 0.2) is 0 Å². The zero-order valence-corrected chi connectivity index (χ0v) is 10.4. The molecule has 0 bridgehead atoms. The van der Waals surface area contributed by atoms with Gasteiger partial charge in [-0.1, -0.05) is 11.6 Å². The Morgan fingerprint density at radius 3 is 2.67 bits per heavy atom. The van der Waals surface area contributed by atoms with E-state index in [-0.39, 0.29) is 5.82 Å². The van der Waals surface area contributed by atoms with E-state index in [1.54, 1.807) is 18.2 Å². The molecule has 0 aliphatic rings. The Morgan fingerprint density at radius 1 is 1.22 bits per heavy atom. The number of rotatable bonds is 3. The van der Waals surface area contributed by atoms with Crippen molar-refractivity contribution in [3.8, 4) is 16.9 Å². The zero-order chi connectivity index (χ0) is 13.1. The fourth-order valence-electron chi connectivity index (χ4n) is 1.68. The SMILES string of the molecule is COc1cc(C=O)cc(-c2cc(F)ccc2Cl)c1. The molecule has 0 N–H and O–H groups in total. The highest BCUT2D eigenvalue weighted by atomic mass is 35.5. The monoisotopic (exact) mass is 264 g/mol. The number of ether oxygens (including phenoxy) is 1. The van der Waals surface area contributed by atoms with Crippen LogP contribution in [-0.2, 0) is 0 Å². The maximum atomic E-state index is 13.2. The molecule has 0 fully saturated rings. The van der Waals surface area contributed by atoms with Crippen molar-refractivity contribution >= 4 is 17.9 Å². The molecule has 0 saturated carbocycles. The normalized spacial score (nSPS) is 10.2. The first kappa shape index (κ1) is 12.6. The molecular weight excluding hydrogens is 255 g/mol. The van der Waals surface area contributed by atoms with Gasteiger partial charge in [-0.15, -0.1) is 0 Å². The number of halogens is 2. The molecule has 0 aliphatic heterocycles. The largest absolute Gasteiger partial charge is 0.497 e. The van der Waals surface area contributed by atoms with E-state index in [4.69, 9.17) is 16.3 Å². The van der Waals surface area contributed by atoms with Crippen LogP contribution in [0, 0.1) is 5.82 Å². The van der Waals surface area contributed by atoms with Crippen LogP contribution in [0.15, 0.2) is 36.4 Å². The number of hydrogen-bond acceptors (Lipinski definition) is 2. The van der Waals surface area contributed by atoms with E-state index in [1.807, 2.05) is 0 Å². The molecule has 0 unspecified atom stereocenters. The summed E-state index contributed by atoms with van der Waals surface area (Å²) in [6, 6.07) is 9.03. The molecule has 4 heteroatoms. The van der Waals surface area contributed by atoms with Crippen LogP contribution >= 0.6 is 11.6 Å². The molecule has 2 nitrogen and oxygen atoms in total. The van der Waals surface area contributed by atoms with Gasteiger partial charge in [0.2, 0.25) is 0 Å². The van der Waals surface area contributed by atoms with Crippen LogP contribution in [0.3, 0.4) is 0 Å². The molecule has 0 saturated heterocycles. The minimum atomic E-state index is -0.384. The molecule has 0 atom stereocenters. The molecule has 0 radical (unpaired) electrons. The molecule has 0 amide bonds. The third-order valence-electron chi connectivity index (χ3n) is 2.54. The van der Waals surface area contributed by atoms with E-state index in [1.165, 1.54) is 25.3 Å². The van der Waals surface area contributed by atoms with Gasteiger partial charge >= 0.3 is 0 Å². The number of hydrogen-bond donors (Lipinski definition) is 0. The average Bonchev–Trinajstić information content (AvgIpc) is 2.40. The van der Waals surface area contributed by atoms with Crippen LogP contribution in [0.4, 0.5) is 4.39 Å². The van der Waals surface area contributed by atoms with Crippen LogP contribution in [0.2, 0.25) is 5.02 Å². The number of benzene rings is 2. The Kier molecular flexibility index (Phi) is 3.63. The van der Waals surface area contributed by atoms with Crippen LogP contribution < -0.4 is 4.74 Å². The number of carbonyl (C=O) groups is 1. The van der Waals surface area contributed by atoms with Crippen molar-refractivity contribution in [2.24, 2.45) is 0 Å². The summed E-state index contributed by atoms with van der Waals surface area (Å²) in [6.07, 6.45) is 0.708. The lowest BCUT2D eigenvalue weighted by Gasteiger charge is -2.08. The number of carbonyl (C=O) groups excluding carboxylic acids is 1. The average molecular weight is 265 g/mol. The van der Waals surface area contributed by atoms with Crippen LogP contribution in [0.5, 0.6) is 5.75 Å². The molecule has 0 aliphatic carbocycles. The predicted molar refractivity (Wildman–Crippen MR) is 68.8 cm³/mol. The highest BCUT2D eigenvalue weighted by molar-refractivity contribution is 6.33. The lowest BCUT2D eigenvalue weighted by molar-refractivity contribution is 0.112. The standard InChI is InChI=1S/C14H10ClFO2/c1-18-12-5-9(8-17)4-10(6-12)13-7-11(16)2-3-14(13)15/h2-8H,1H3. The highest BCUT2D eigenvalue weighted by Gasteiger charge is 2.08. The molecule has 0 heterocycles. The van der Waals surface area contributed by atoms with Gasteiger partial charge in [-0.25, -0.2) is 4.39 Å². The maximum absolute atomic E-state index is 13.2. The van der Waals surface area contributed by atoms with Crippen LogP contribution in [0.1, 0.15) is 10.4 Å². The molecule has 2 rings (SSSR count). The second-order valence-corrected chi connectivity index (χ2v) is 4.14.